The molecule has 0 unspecified atom stereocenters. The van der Waals surface area contributed by atoms with Gasteiger partial charge in [0.2, 0.25) is 0 Å². The number of amides is 1. The van der Waals surface area contributed by atoms with E-state index in [-0.39, 0.29) is 18.6 Å². The molecule has 1 saturated carbocycles. The average molecular weight is 395 g/mol. The van der Waals surface area contributed by atoms with E-state index in [0.717, 1.165) is 0 Å². The second-order valence-corrected chi connectivity index (χ2v) is 9.52. The fourth-order valence-corrected chi connectivity index (χ4v) is 4.95. The number of thiophene rings is 1. The summed E-state index contributed by atoms with van der Waals surface area (Å²) in [4.78, 5) is 11.9. The van der Waals surface area contributed by atoms with Gasteiger partial charge in [0.05, 0.1) is 5.69 Å². The minimum absolute atomic E-state index is 0.0558. The lowest BCUT2D eigenvalue weighted by Crippen LogP contribution is -2.37. The van der Waals surface area contributed by atoms with Gasteiger partial charge in [-0.05, 0) is 61.4 Å². The highest BCUT2D eigenvalue weighted by Crippen LogP contribution is 2.32. The number of nitrogens with zero attached hydrogens (tertiary/aromatic N) is 1. The van der Waals surface area contributed by atoms with E-state index in [1.54, 1.807) is 41.8 Å². The highest BCUT2D eigenvalue weighted by molar-refractivity contribution is 7.94. The molecule has 26 heavy (non-hydrogen) atoms. The summed E-state index contributed by atoms with van der Waals surface area (Å²) < 4.78 is 32.0. The minimum atomic E-state index is -3.56. The first-order valence-corrected chi connectivity index (χ1v) is 10.7. The molecule has 2 aromatic rings. The fourth-order valence-electron chi connectivity index (χ4n) is 2.59. The molecule has 3 rings (SSSR count). The van der Waals surface area contributed by atoms with Crippen LogP contribution in [-0.2, 0) is 14.8 Å². The van der Waals surface area contributed by atoms with E-state index >= 15 is 0 Å². The summed E-state index contributed by atoms with van der Waals surface area (Å²) in [6, 6.07) is 10.1. The van der Waals surface area contributed by atoms with Crippen molar-refractivity contribution in [3.8, 4) is 5.75 Å². The van der Waals surface area contributed by atoms with Crippen LogP contribution in [0.4, 0.5) is 5.69 Å². The van der Waals surface area contributed by atoms with E-state index in [9.17, 15) is 13.2 Å². The van der Waals surface area contributed by atoms with Crippen LogP contribution in [0.3, 0.4) is 0 Å². The Morgan fingerprint density at radius 3 is 2.58 bits per heavy atom. The number of anilines is 1. The molecule has 1 aromatic heterocycles. The molecule has 0 radical (unpaired) electrons. The number of benzene rings is 1. The zero-order valence-corrected chi connectivity index (χ0v) is 16.3. The standard InChI is InChI=1S/C18H22N2O4S2/c1-13(14-5-6-14)19-17(21)12-24-16-9-7-15(8-10-16)20(2)26(22,23)18-4-3-11-25-18/h3-4,7-11,13-14H,5-6,12H2,1-2H3,(H,19,21)/t13-/m1/s1. The van der Waals surface area contributed by atoms with E-state index in [2.05, 4.69) is 5.32 Å². The summed E-state index contributed by atoms with van der Waals surface area (Å²) in [5.74, 6) is 0.967. The molecule has 140 valence electrons. The van der Waals surface area contributed by atoms with Crippen LogP contribution in [0.15, 0.2) is 46.0 Å². The second kappa shape index (κ2) is 7.67. The first-order chi connectivity index (χ1) is 12.4. The Hall–Kier alpha value is -2.06. The molecule has 0 aliphatic heterocycles. The maximum absolute atomic E-state index is 12.5. The normalized spacial score (nSPS) is 15.3. The number of carbonyl (C=O) groups is 1. The zero-order chi connectivity index (χ0) is 18.7. The number of sulfonamides is 1. The molecule has 1 aliphatic carbocycles. The van der Waals surface area contributed by atoms with E-state index in [1.165, 1.54) is 35.5 Å². The van der Waals surface area contributed by atoms with Crippen molar-refractivity contribution in [2.24, 2.45) is 5.92 Å². The molecule has 1 amide bonds. The fraction of sp³-hybridized carbons (Fsp3) is 0.389. The quantitative estimate of drug-likeness (QED) is 0.747. The van der Waals surface area contributed by atoms with Crippen LogP contribution in [0.25, 0.3) is 0 Å². The number of carbonyl (C=O) groups excluding carboxylic acids is 1. The van der Waals surface area contributed by atoms with Crippen molar-refractivity contribution < 1.29 is 17.9 Å². The lowest BCUT2D eigenvalue weighted by molar-refractivity contribution is -0.123. The van der Waals surface area contributed by atoms with Crippen molar-refractivity contribution in [2.75, 3.05) is 18.0 Å². The Balaban J connectivity index is 1.57. The zero-order valence-electron chi connectivity index (χ0n) is 14.7. The molecule has 1 N–H and O–H groups in total. The molecule has 0 saturated heterocycles. The second-order valence-electron chi connectivity index (χ2n) is 6.38. The molecule has 8 heteroatoms. The van der Waals surface area contributed by atoms with Gasteiger partial charge in [-0.3, -0.25) is 9.10 Å². The molecule has 6 nitrogen and oxygen atoms in total. The highest BCUT2D eigenvalue weighted by Gasteiger charge is 2.28. The predicted octanol–water partition coefficient (Wildman–Crippen LogP) is 2.87. The van der Waals surface area contributed by atoms with Gasteiger partial charge in [-0.25, -0.2) is 8.42 Å². The van der Waals surface area contributed by atoms with Crippen LogP contribution in [0.1, 0.15) is 19.8 Å². The van der Waals surface area contributed by atoms with Crippen molar-refractivity contribution in [2.45, 2.75) is 30.0 Å². The van der Waals surface area contributed by atoms with Gasteiger partial charge in [0.15, 0.2) is 6.61 Å². The van der Waals surface area contributed by atoms with E-state index in [4.69, 9.17) is 4.74 Å². The van der Waals surface area contributed by atoms with Crippen LogP contribution in [0.5, 0.6) is 5.75 Å². The van der Waals surface area contributed by atoms with Gasteiger partial charge in [0.1, 0.15) is 9.96 Å². The Labute approximate surface area is 157 Å². The van der Waals surface area contributed by atoms with E-state index < -0.39 is 10.0 Å². The maximum Gasteiger partial charge on any atom is 0.273 e. The molecule has 1 heterocycles. The molecular weight excluding hydrogens is 372 g/mol. The molecule has 0 bridgehead atoms. The third-order valence-corrected chi connectivity index (χ3v) is 7.56. The van der Waals surface area contributed by atoms with Crippen molar-refractivity contribution >= 4 is 33.0 Å². The molecular formula is C18H22N2O4S2. The van der Waals surface area contributed by atoms with Crippen LogP contribution < -0.4 is 14.4 Å². The summed E-state index contributed by atoms with van der Waals surface area (Å²) in [7, 11) is -2.04. The van der Waals surface area contributed by atoms with Crippen LogP contribution in [0.2, 0.25) is 0 Å². The van der Waals surface area contributed by atoms with Gasteiger partial charge in [-0.1, -0.05) is 6.07 Å². The van der Waals surface area contributed by atoms with Gasteiger partial charge in [0, 0.05) is 13.1 Å². The number of hydrogen-bond acceptors (Lipinski definition) is 5. The third kappa shape index (κ3) is 4.37. The Morgan fingerprint density at radius 2 is 2.00 bits per heavy atom. The number of hydrogen-bond donors (Lipinski definition) is 1. The van der Waals surface area contributed by atoms with Crippen molar-refractivity contribution in [3.05, 3.63) is 41.8 Å². The smallest absolute Gasteiger partial charge is 0.273 e. The summed E-state index contributed by atoms with van der Waals surface area (Å²) in [6.45, 7) is 1.95. The predicted molar refractivity (Wildman–Crippen MR) is 102 cm³/mol. The first-order valence-electron chi connectivity index (χ1n) is 8.42. The van der Waals surface area contributed by atoms with Crippen LogP contribution in [-0.4, -0.2) is 34.0 Å². The van der Waals surface area contributed by atoms with Gasteiger partial charge < -0.3 is 10.1 Å². The molecule has 1 aliphatic rings. The number of rotatable bonds is 8. The molecule has 1 atom stereocenters. The van der Waals surface area contributed by atoms with E-state index in [1.807, 2.05) is 6.92 Å². The minimum Gasteiger partial charge on any atom is -0.484 e. The first kappa shape index (κ1) is 18.7. The van der Waals surface area contributed by atoms with Crippen LogP contribution in [0, 0.1) is 5.92 Å². The highest BCUT2D eigenvalue weighted by atomic mass is 32.2. The summed E-state index contributed by atoms with van der Waals surface area (Å²) >= 11 is 1.18. The SMILES string of the molecule is C[C@@H](NC(=O)COc1ccc(N(C)S(=O)(=O)c2cccs2)cc1)C1CC1. The Kier molecular flexibility index (Phi) is 5.52. The van der Waals surface area contributed by atoms with Gasteiger partial charge >= 0.3 is 0 Å². The van der Waals surface area contributed by atoms with Crippen molar-refractivity contribution in [1.82, 2.24) is 5.32 Å². The Morgan fingerprint density at radius 1 is 1.31 bits per heavy atom. The van der Waals surface area contributed by atoms with E-state index in [0.29, 0.717) is 21.6 Å². The molecule has 1 aromatic carbocycles. The summed E-state index contributed by atoms with van der Waals surface area (Å²) in [6.07, 6.45) is 2.34. The lowest BCUT2D eigenvalue weighted by atomic mass is 10.2. The summed E-state index contributed by atoms with van der Waals surface area (Å²) in [5, 5.41) is 4.66. The third-order valence-electron chi connectivity index (χ3n) is 4.40. The lowest BCUT2D eigenvalue weighted by Gasteiger charge is -2.19. The maximum atomic E-state index is 12.5. The van der Waals surface area contributed by atoms with Gasteiger partial charge in [-0.15, -0.1) is 11.3 Å². The monoisotopic (exact) mass is 394 g/mol. The van der Waals surface area contributed by atoms with Gasteiger partial charge in [0.25, 0.3) is 15.9 Å². The van der Waals surface area contributed by atoms with Gasteiger partial charge in [-0.2, -0.15) is 0 Å². The van der Waals surface area contributed by atoms with Crippen molar-refractivity contribution in [1.29, 1.82) is 0 Å². The topological polar surface area (TPSA) is 75.7 Å². The largest absolute Gasteiger partial charge is 0.484 e. The molecule has 0 spiro atoms. The number of ether oxygens (including phenoxy) is 1. The van der Waals surface area contributed by atoms with Crippen LogP contribution >= 0.6 is 11.3 Å². The molecule has 1 fully saturated rings. The average Bonchev–Trinajstić information content (AvgIpc) is 3.33. The Bertz CT molecular complexity index is 844. The van der Waals surface area contributed by atoms with Crippen molar-refractivity contribution in [3.63, 3.8) is 0 Å². The number of nitrogens with one attached hydrogen (secondary N) is 1. The summed E-state index contributed by atoms with van der Waals surface area (Å²) in [5.41, 5.74) is 0.526.